The molecule has 8 nitrogen and oxygen atoms in total. The standard InChI is InChI=1S/C23H32O8/c1-7-12-31-17-11-10-16(13-18(17)28-6)21(19(14(4)24)22(26)29-8-2)20(15(5)25)23(27)30-9-3/h10-11,13,19-21H,7-9,12H2,1-6H3/t19-,20-/m0/s1. The zero-order valence-electron chi connectivity index (χ0n) is 19.1. The molecular weight excluding hydrogens is 404 g/mol. The summed E-state index contributed by atoms with van der Waals surface area (Å²) in [5.41, 5.74) is 0.391. The Kier molecular flexibility index (Phi) is 10.7. The minimum Gasteiger partial charge on any atom is -0.493 e. The van der Waals surface area contributed by atoms with Crippen molar-refractivity contribution in [2.45, 2.75) is 47.0 Å². The van der Waals surface area contributed by atoms with Crippen molar-refractivity contribution in [2.24, 2.45) is 11.8 Å². The van der Waals surface area contributed by atoms with E-state index in [-0.39, 0.29) is 13.2 Å². The third-order valence-corrected chi connectivity index (χ3v) is 4.71. The largest absolute Gasteiger partial charge is 0.493 e. The maximum atomic E-state index is 12.7. The van der Waals surface area contributed by atoms with Gasteiger partial charge in [0.1, 0.15) is 23.4 Å². The monoisotopic (exact) mass is 436 g/mol. The smallest absolute Gasteiger partial charge is 0.317 e. The van der Waals surface area contributed by atoms with Gasteiger partial charge >= 0.3 is 11.9 Å². The molecule has 2 atom stereocenters. The molecule has 0 aliphatic heterocycles. The number of ether oxygens (including phenoxy) is 4. The van der Waals surface area contributed by atoms with Crippen LogP contribution in [0.3, 0.4) is 0 Å². The van der Waals surface area contributed by atoms with Gasteiger partial charge in [-0.1, -0.05) is 13.0 Å². The Morgan fingerprint density at radius 1 is 0.839 bits per heavy atom. The van der Waals surface area contributed by atoms with E-state index in [1.165, 1.54) is 21.0 Å². The molecule has 0 bridgehead atoms. The number of Topliss-reactive ketones (excluding diaryl/α,β-unsaturated/α-hetero) is 2. The van der Waals surface area contributed by atoms with E-state index in [9.17, 15) is 19.2 Å². The van der Waals surface area contributed by atoms with Crippen molar-refractivity contribution in [3.05, 3.63) is 23.8 Å². The molecule has 0 saturated heterocycles. The second kappa shape index (κ2) is 12.7. The summed E-state index contributed by atoms with van der Waals surface area (Å²) in [6.07, 6.45) is 0.790. The van der Waals surface area contributed by atoms with Crippen LogP contribution in [0.2, 0.25) is 0 Å². The molecule has 0 unspecified atom stereocenters. The number of methoxy groups -OCH3 is 1. The fourth-order valence-electron chi connectivity index (χ4n) is 3.40. The fraction of sp³-hybridized carbons (Fsp3) is 0.565. The van der Waals surface area contributed by atoms with E-state index < -0.39 is 41.3 Å². The molecule has 0 N–H and O–H groups in total. The van der Waals surface area contributed by atoms with E-state index in [1.54, 1.807) is 32.0 Å². The van der Waals surface area contributed by atoms with Crippen LogP contribution >= 0.6 is 0 Å². The van der Waals surface area contributed by atoms with E-state index in [0.717, 1.165) is 6.42 Å². The Hall–Kier alpha value is -2.90. The number of ketones is 2. The van der Waals surface area contributed by atoms with E-state index in [0.29, 0.717) is 23.7 Å². The maximum absolute atomic E-state index is 12.7. The van der Waals surface area contributed by atoms with Crippen LogP contribution in [0.15, 0.2) is 18.2 Å². The van der Waals surface area contributed by atoms with Gasteiger partial charge in [-0.15, -0.1) is 0 Å². The van der Waals surface area contributed by atoms with Gasteiger partial charge in [-0.05, 0) is 51.8 Å². The molecule has 0 heterocycles. The molecule has 1 aromatic carbocycles. The molecule has 0 aromatic heterocycles. The minimum atomic E-state index is -1.37. The number of esters is 2. The average molecular weight is 437 g/mol. The lowest BCUT2D eigenvalue weighted by atomic mass is 9.73. The molecule has 172 valence electrons. The van der Waals surface area contributed by atoms with E-state index in [1.807, 2.05) is 6.92 Å². The van der Waals surface area contributed by atoms with Crippen LogP contribution in [0.4, 0.5) is 0 Å². The first-order valence-corrected chi connectivity index (χ1v) is 10.4. The molecule has 0 spiro atoms. The van der Waals surface area contributed by atoms with Gasteiger partial charge in [0.25, 0.3) is 0 Å². The molecule has 0 aliphatic rings. The Labute approximate surface area is 183 Å². The zero-order valence-corrected chi connectivity index (χ0v) is 19.1. The molecule has 0 saturated carbocycles. The van der Waals surface area contributed by atoms with Crippen molar-refractivity contribution in [3.8, 4) is 11.5 Å². The fourth-order valence-corrected chi connectivity index (χ4v) is 3.40. The number of hydrogen-bond donors (Lipinski definition) is 0. The maximum Gasteiger partial charge on any atom is 0.317 e. The van der Waals surface area contributed by atoms with Gasteiger partial charge in [-0.25, -0.2) is 0 Å². The van der Waals surface area contributed by atoms with Gasteiger partial charge in [0.2, 0.25) is 0 Å². The van der Waals surface area contributed by atoms with Gasteiger partial charge in [0.15, 0.2) is 11.5 Å². The van der Waals surface area contributed by atoms with Crippen LogP contribution < -0.4 is 9.47 Å². The summed E-state index contributed by atoms with van der Waals surface area (Å²) in [6, 6.07) is 4.81. The van der Waals surface area contributed by atoms with Crippen molar-refractivity contribution >= 4 is 23.5 Å². The van der Waals surface area contributed by atoms with Gasteiger partial charge in [-0.3, -0.25) is 19.2 Å². The molecule has 0 fully saturated rings. The normalized spacial score (nSPS) is 12.6. The summed E-state index contributed by atoms with van der Waals surface area (Å²) in [7, 11) is 1.45. The highest BCUT2D eigenvalue weighted by Gasteiger charge is 2.45. The second-order valence-corrected chi connectivity index (χ2v) is 6.97. The summed E-state index contributed by atoms with van der Waals surface area (Å²) in [6.45, 7) is 8.21. The highest BCUT2D eigenvalue weighted by molar-refractivity contribution is 6.04. The molecule has 0 aliphatic carbocycles. The molecule has 1 aromatic rings. The van der Waals surface area contributed by atoms with Crippen molar-refractivity contribution in [1.29, 1.82) is 0 Å². The number of benzene rings is 1. The molecule has 8 heteroatoms. The van der Waals surface area contributed by atoms with Crippen molar-refractivity contribution in [3.63, 3.8) is 0 Å². The lowest BCUT2D eigenvalue weighted by Crippen LogP contribution is -2.40. The van der Waals surface area contributed by atoms with E-state index in [4.69, 9.17) is 18.9 Å². The molecule has 1 rings (SSSR count). The molecule has 0 radical (unpaired) electrons. The van der Waals surface area contributed by atoms with Gasteiger partial charge in [-0.2, -0.15) is 0 Å². The van der Waals surface area contributed by atoms with Crippen molar-refractivity contribution < 1.29 is 38.1 Å². The second-order valence-electron chi connectivity index (χ2n) is 6.97. The summed E-state index contributed by atoms with van der Waals surface area (Å²) in [5.74, 6) is -5.70. The molecule has 31 heavy (non-hydrogen) atoms. The lowest BCUT2D eigenvalue weighted by Gasteiger charge is -2.29. The number of rotatable bonds is 13. The minimum absolute atomic E-state index is 0.0482. The third-order valence-electron chi connectivity index (χ3n) is 4.71. The molecule has 0 amide bonds. The van der Waals surface area contributed by atoms with Crippen LogP contribution in [-0.2, 0) is 28.7 Å². The Morgan fingerprint density at radius 3 is 1.74 bits per heavy atom. The number of carbonyl (C=O) groups is 4. The SMILES string of the molecule is CCCOc1ccc(C([C@H](C(C)=O)C(=O)OCC)[C@H](C(C)=O)C(=O)OCC)cc1OC. The number of hydrogen-bond acceptors (Lipinski definition) is 8. The Bertz CT molecular complexity index is 750. The summed E-state index contributed by atoms with van der Waals surface area (Å²) in [4.78, 5) is 50.5. The summed E-state index contributed by atoms with van der Waals surface area (Å²) >= 11 is 0. The lowest BCUT2D eigenvalue weighted by molar-refractivity contribution is -0.157. The van der Waals surface area contributed by atoms with E-state index >= 15 is 0 Å². The third kappa shape index (κ3) is 6.80. The predicted molar refractivity (Wildman–Crippen MR) is 113 cm³/mol. The van der Waals surface area contributed by atoms with Crippen molar-refractivity contribution in [1.82, 2.24) is 0 Å². The predicted octanol–water partition coefficient (Wildman–Crippen LogP) is 3.10. The Morgan fingerprint density at radius 2 is 1.35 bits per heavy atom. The van der Waals surface area contributed by atoms with Crippen LogP contribution in [0, 0.1) is 11.8 Å². The average Bonchev–Trinajstić information content (AvgIpc) is 2.71. The number of carbonyl (C=O) groups excluding carboxylic acids is 4. The van der Waals surface area contributed by atoms with Gasteiger partial charge in [0.05, 0.1) is 26.9 Å². The van der Waals surface area contributed by atoms with Crippen LogP contribution in [-0.4, -0.2) is 50.4 Å². The highest BCUT2D eigenvalue weighted by Crippen LogP contribution is 2.39. The summed E-state index contributed by atoms with van der Waals surface area (Å²) in [5, 5.41) is 0. The van der Waals surface area contributed by atoms with Crippen molar-refractivity contribution in [2.75, 3.05) is 26.9 Å². The molecular formula is C23H32O8. The van der Waals surface area contributed by atoms with Crippen LogP contribution in [0.1, 0.15) is 52.5 Å². The quantitative estimate of drug-likeness (QED) is 0.343. The van der Waals surface area contributed by atoms with Crippen LogP contribution in [0.25, 0.3) is 0 Å². The van der Waals surface area contributed by atoms with Crippen LogP contribution in [0.5, 0.6) is 11.5 Å². The first kappa shape index (κ1) is 26.1. The van der Waals surface area contributed by atoms with E-state index in [2.05, 4.69) is 0 Å². The first-order valence-electron chi connectivity index (χ1n) is 10.4. The zero-order chi connectivity index (χ0) is 23.6. The van der Waals surface area contributed by atoms with Gasteiger partial charge in [0, 0.05) is 5.92 Å². The van der Waals surface area contributed by atoms with Gasteiger partial charge < -0.3 is 18.9 Å². The highest BCUT2D eigenvalue weighted by atomic mass is 16.5. The topological polar surface area (TPSA) is 105 Å². The summed E-state index contributed by atoms with van der Waals surface area (Å²) < 4.78 is 21.2. The first-order chi connectivity index (χ1) is 14.7. The Balaban J connectivity index is 3.68.